The second kappa shape index (κ2) is 7.73. The number of thiazole rings is 1. The highest BCUT2D eigenvalue weighted by molar-refractivity contribution is 7.13. The van der Waals surface area contributed by atoms with Gasteiger partial charge < -0.3 is 15.4 Å². The van der Waals surface area contributed by atoms with Crippen molar-refractivity contribution in [2.24, 2.45) is 5.92 Å². The molecule has 0 aliphatic heterocycles. The lowest BCUT2D eigenvalue weighted by Gasteiger charge is -2.07. The first-order valence-corrected chi connectivity index (χ1v) is 6.91. The van der Waals surface area contributed by atoms with Crippen molar-refractivity contribution < 1.29 is 14.3 Å². The van der Waals surface area contributed by atoms with Gasteiger partial charge in [-0.1, -0.05) is 13.8 Å². The average molecular weight is 285 g/mol. The Morgan fingerprint density at radius 3 is 2.84 bits per heavy atom. The summed E-state index contributed by atoms with van der Waals surface area (Å²) in [6.07, 6.45) is 0.147. The van der Waals surface area contributed by atoms with Crippen molar-refractivity contribution in [1.29, 1.82) is 0 Å². The Balaban J connectivity index is 2.33. The molecule has 0 saturated heterocycles. The number of hydrogen-bond donors (Lipinski definition) is 2. The third kappa shape index (κ3) is 6.19. The molecule has 7 heteroatoms. The monoisotopic (exact) mass is 285 g/mol. The van der Waals surface area contributed by atoms with Gasteiger partial charge in [-0.2, -0.15) is 0 Å². The number of esters is 1. The predicted molar refractivity (Wildman–Crippen MR) is 74.2 cm³/mol. The average Bonchev–Trinajstić information content (AvgIpc) is 2.81. The quantitative estimate of drug-likeness (QED) is 0.732. The topological polar surface area (TPSA) is 80.3 Å². The number of aromatic nitrogens is 1. The van der Waals surface area contributed by atoms with Gasteiger partial charge in [-0.05, 0) is 5.92 Å². The summed E-state index contributed by atoms with van der Waals surface area (Å²) in [7, 11) is 1.34. The van der Waals surface area contributed by atoms with Gasteiger partial charge in [-0.25, -0.2) is 4.98 Å². The first-order chi connectivity index (χ1) is 9.01. The van der Waals surface area contributed by atoms with Crippen LogP contribution in [0.15, 0.2) is 5.38 Å². The number of hydrogen-bond acceptors (Lipinski definition) is 6. The Morgan fingerprint density at radius 1 is 1.47 bits per heavy atom. The van der Waals surface area contributed by atoms with E-state index in [9.17, 15) is 9.59 Å². The Bertz CT molecular complexity index is 432. The van der Waals surface area contributed by atoms with Crippen molar-refractivity contribution in [3.05, 3.63) is 11.1 Å². The van der Waals surface area contributed by atoms with Crippen LogP contribution in [0, 0.1) is 5.92 Å². The molecule has 0 aromatic carbocycles. The number of nitrogens with one attached hydrogen (secondary N) is 2. The van der Waals surface area contributed by atoms with Crippen molar-refractivity contribution in [2.45, 2.75) is 20.3 Å². The Morgan fingerprint density at radius 2 is 2.21 bits per heavy atom. The third-order valence-corrected chi connectivity index (χ3v) is 3.06. The molecular weight excluding hydrogens is 266 g/mol. The van der Waals surface area contributed by atoms with Crippen LogP contribution in [0.25, 0.3) is 0 Å². The molecule has 6 nitrogen and oxygen atoms in total. The summed E-state index contributed by atoms with van der Waals surface area (Å²) in [4.78, 5) is 26.7. The molecule has 1 aromatic rings. The van der Waals surface area contributed by atoms with Crippen LogP contribution in [0.4, 0.5) is 5.13 Å². The maximum Gasteiger partial charge on any atom is 0.311 e. The van der Waals surface area contributed by atoms with Crippen molar-refractivity contribution in [1.82, 2.24) is 10.3 Å². The second-order valence-corrected chi connectivity index (χ2v) is 5.31. The Hall–Kier alpha value is -1.63. The Kier molecular flexibility index (Phi) is 6.27. The van der Waals surface area contributed by atoms with Gasteiger partial charge in [0.1, 0.15) is 0 Å². The number of carbonyl (C=O) groups is 2. The first-order valence-electron chi connectivity index (χ1n) is 6.03. The number of carbonyl (C=O) groups excluding carboxylic acids is 2. The van der Waals surface area contributed by atoms with E-state index in [1.807, 2.05) is 13.8 Å². The number of nitrogens with zero attached hydrogens (tertiary/aromatic N) is 1. The standard InChI is InChI=1S/C12H19N3O3S/c1-8(2)5-13-10(16)6-14-12-15-9(7-19-12)4-11(17)18-3/h7-8H,4-6H2,1-3H3,(H,13,16)(H,14,15). The molecule has 19 heavy (non-hydrogen) atoms. The van der Waals surface area contributed by atoms with Crippen LogP contribution in [0.1, 0.15) is 19.5 Å². The zero-order valence-electron chi connectivity index (χ0n) is 11.4. The predicted octanol–water partition coefficient (Wildman–Crippen LogP) is 1.04. The van der Waals surface area contributed by atoms with Gasteiger partial charge in [-0.15, -0.1) is 11.3 Å². The van der Waals surface area contributed by atoms with Gasteiger partial charge in [-0.3, -0.25) is 9.59 Å². The van der Waals surface area contributed by atoms with Gasteiger partial charge in [0.2, 0.25) is 5.91 Å². The normalized spacial score (nSPS) is 10.3. The summed E-state index contributed by atoms with van der Waals surface area (Å²) >= 11 is 1.36. The molecule has 0 unspecified atom stereocenters. The molecule has 2 N–H and O–H groups in total. The first kappa shape index (κ1) is 15.4. The molecule has 0 saturated carbocycles. The molecule has 0 bridgehead atoms. The van der Waals surface area contributed by atoms with E-state index < -0.39 is 0 Å². The molecule has 1 heterocycles. The summed E-state index contributed by atoms with van der Waals surface area (Å²) < 4.78 is 4.56. The van der Waals surface area contributed by atoms with Crippen molar-refractivity contribution in [3.8, 4) is 0 Å². The molecule has 0 aliphatic carbocycles. The number of rotatable bonds is 7. The van der Waals surface area contributed by atoms with Crippen molar-refractivity contribution in [2.75, 3.05) is 25.5 Å². The number of methoxy groups -OCH3 is 1. The fourth-order valence-corrected chi connectivity index (χ4v) is 1.93. The fourth-order valence-electron chi connectivity index (χ4n) is 1.23. The van der Waals surface area contributed by atoms with E-state index >= 15 is 0 Å². The summed E-state index contributed by atoms with van der Waals surface area (Å²) in [5.41, 5.74) is 0.641. The Labute approximate surface area is 116 Å². The minimum absolute atomic E-state index is 0.0709. The van der Waals surface area contributed by atoms with Crippen LogP contribution in [-0.2, 0) is 20.7 Å². The molecule has 1 rings (SSSR count). The van der Waals surface area contributed by atoms with E-state index in [0.717, 1.165) is 0 Å². The molecule has 0 radical (unpaired) electrons. The van der Waals surface area contributed by atoms with E-state index in [1.54, 1.807) is 5.38 Å². The van der Waals surface area contributed by atoms with Gasteiger partial charge in [0.25, 0.3) is 0 Å². The highest BCUT2D eigenvalue weighted by atomic mass is 32.1. The number of amides is 1. The number of ether oxygens (including phenoxy) is 1. The maximum absolute atomic E-state index is 11.5. The zero-order chi connectivity index (χ0) is 14.3. The van der Waals surface area contributed by atoms with E-state index in [0.29, 0.717) is 23.3 Å². The lowest BCUT2D eigenvalue weighted by Crippen LogP contribution is -2.32. The molecule has 0 spiro atoms. The highest BCUT2D eigenvalue weighted by Crippen LogP contribution is 2.15. The largest absolute Gasteiger partial charge is 0.469 e. The highest BCUT2D eigenvalue weighted by Gasteiger charge is 2.08. The van der Waals surface area contributed by atoms with E-state index in [4.69, 9.17) is 0 Å². The van der Waals surface area contributed by atoms with Gasteiger partial charge in [0.05, 0.1) is 25.8 Å². The molecule has 106 valence electrons. The molecule has 0 aliphatic rings. The van der Waals surface area contributed by atoms with Crippen molar-refractivity contribution in [3.63, 3.8) is 0 Å². The lowest BCUT2D eigenvalue weighted by molar-refractivity contribution is -0.139. The van der Waals surface area contributed by atoms with Crippen LogP contribution < -0.4 is 10.6 Å². The van der Waals surface area contributed by atoms with Crippen LogP contribution in [-0.4, -0.2) is 37.1 Å². The fraction of sp³-hybridized carbons (Fsp3) is 0.583. The molecule has 0 atom stereocenters. The molecule has 1 amide bonds. The van der Waals surface area contributed by atoms with Gasteiger partial charge in [0, 0.05) is 11.9 Å². The van der Waals surface area contributed by atoms with Crippen LogP contribution in [0.5, 0.6) is 0 Å². The smallest absolute Gasteiger partial charge is 0.311 e. The van der Waals surface area contributed by atoms with E-state index in [-0.39, 0.29) is 24.8 Å². The second-order valence-electron chi connectivity index (χ2n) is 4.45. The van der Waals surface area contributed by atoms with E-state index in [2.05, 4.69) is 20.4 Å². The summed E-state index contributed by atoms with van der Waals surface area (Å²) in [5, 5.41) is 8.12. The summed E-state index contributed by atoms with van der Waals surface area (Å²) in [6, 6.07) is 0. The zero-order valence-corrected chi connectivity index (χ0v) is 12.2. The van der Waals surface area contributed by atoms with E-state index in [1.165, 1.54) is 18.4 Å². The minimum Gasteiger partial charge on any atom is -0.469 e. The number of anilines is 1. The molecule has 1 aromatic heterocycles. The summed E-state index contributed by atoms with van der Waals surface area (Å²) in [5.74, 6) is 0.0282. The van der Waals surface area contributed by atoms with Crippen LogP contribution in [0.2, 0.25) is 0 Å². The van der Waals surface area contributed by atoms with Crippen LogP contribution in [0.3, 0.4) is 0 Å². The molecule has 0 fully saturated rings. The van der Waals surface area contributed by atoms with Gasteiger partial charge >= 0.3 is 5.97 Å². The SMILES string of the molecule is COC(=O)Cc1csc(NCC(=O)NCC(C)C)n1. The van der Waals surface area contributed by atoms with Crippen LogP contribution >= 0.6 is 11.3 Å². The lowest BCUT2D eigenvalue weighted by atomic mass is 10.2. The maximum atomic E-state index is 11.5. The van der Waals surface area contributed by atoms with Gasteiger partial charge in [0.15, 0.2) is 5.13 Å². The summed E-state index contributed by atoms with van der Waals surface area (Å²) in [6.45, 7) is 4.91. The third-order valence-electron chi connectivity index (χ3n) is 2.21. The minimum atomic E-state index is -0.327. The van der Waals surface area contributed by atoms with Crippen molar-refractivity contribution >= 4 is 28.3 Å². The molecular formula is C12H19N3O3S.